The normalized spacial score (nSPS) is 9.80. The van der Waals surface area contributed by atoms with Crippen molar-refractivity contribution in [2.75, 3.05) is 14.2 Å². The van der Waals surface area contributed by atoms with Gasteiger partial charge in [0.2, 0.25) is 0 Å². The van der Waals surface area contributed by atoms with Gasteiger partial charge in [-0.2, -0.15) is 0 Å². The highest BCUT2D eigenvalue weighted by Crippen LogP contribution is 2.30. The molecule has 0 fully saturated rings. The smallest absolute Gasteiger partial charge is 0.122 e. The minimum absolute atomic E-state index is 0. The lowest BCUT2D eigenvalue weighted by atomic mass is 10.0. The summed E-state index contributed by atoms with van der Waals surface area (Å²) in [5, 5.41) is 1.29. The Labute approximate surface area is 152 Å². The van der Waals surface area contributed by atoms with Crippen molar-refractivity contribution in [3.8, 4) is 11.5 Å². The zero-order chi connectivity index (χ0) is 17.5. The van der Waals surface area contributed by atoms with Crippen molar-refractivity contribution >= 4 is 10.9 Å². The van der Waals surface area contributed by atoms with Crippen LogP contribution in [0.25, 0.3) is 10.9 Å². The van der Waals surface area contributed by atoms with Crippen molar-refractivity contribution in [3.63, 3.8) is 0 Å². The van der Waals surface area contributed by atoms with Crippen LogP contribution in [0.15, 0.2) is 42.5 Å². The Balaban J connectivity index is 0.000000251. The van der Waals surface area contributed by atoms with Crippen molar-refractivity contribution < 1.29 is 9.47 Å². The number of hydrogen-bond acceptors (Lipinski definition) is 2. The van der Waals surface area contributed by atoms with Gasteiger partial charge in [0.15, 0.2) is 0 Å². The predicted octanol–water partition coefficient (Wildman–Crippen LogP) is 6.08. The van der Waals surface area contributed by atoms with Gasteiger partial charge in [0.25, 0.3) is 0 Å². The molecular weight excluding hydrogens is 310 g/mol. The van der Waals surface area contributed by atoms with Crippen LogP contribution in [0.4, 0.5) is 0 Å². The lowest BCUT2D eigenvalue weighted by molar-refractivity contribution is 0.396. The summed E-state index contributed by atoms with van der Waals surface area (Å²) in [7, 11) is 3.41. The molecule has 2 aromatic carbocycles. The molecule has 0 bridgehead atoms. The zero-order valence-corrected chi connectivity index (χ0v) is 15.3. The van der Waals surface area contributed by atoms with E-state index in [1.807, 2.05) is 18.2 Å². The van der Waals surface area contributed by atoms with E-state index in [0.29, 0.717) is 0 Å². The Hall–Kier alpha value is -2.42. The molecule has 3 nitrogen and oxygen atoms in total. The second kappa shape index (κ2) is 9.77. The Morgan fingerprint density at radius 3 is 2.16 bits per heavy atom. The van der Waals surface area contributed by atoms with E-state index in [1.165, 1.54) is 27.7 Å². The van der Waals surface area contributed by atoms with E-state index >= 15 is 0 Å². The third kappa shape index (κ3) is 5.02. The molecule has 136 valence electrons. The van der Waals surface area contributed by atoms with Crippen molar-refractivity contribution in [1.29, 1.82) is 0 Å². The van der Waals surface area contributed by atoms with Crippen LogP contribution in [0, 0.1) is 13.8 Å². The molecule has 0 atom stereocenters. The maximum atomic E-state index is 5.32. The summed E-state index contributed by atoms with van der Waals surface area (Å²) >= 11 is 0. The molecule has 0 unspecified atom stereocenters. The second-order valence-corrected chi connectivity index (χ2v) is 5.86. The van der Waals surface area contributed by atoms with Crippen LogP contribution >= 0.6 is 0 Å². The fourth-order valence-electron chi connectivity index (χ4n) is 2.90. The van der Waals surface area contributed by atoms with Crippen LogP contribution in [0.1, 0.15) is 37.6 Å². The van der Waals surface area contributed by atoms with E-state index < -0.39 is 0 Å². The Bertz CT molecular complexity index is 757. The third-order valence-electron chi connectivity index (χ3n) is 4.11. The molecule has 0 radical (unpaired) electrons. The summed E-state index contributed by atoms with van der Waals surface area (Å²) in [4.78, 5) is 3.26. The molecule has 0 saturated heterocycles. The molecule has 25 heavy (non-hydrogen) atoms. The van der Waals surface area contributed by atoms with E-state index in [4.69, 9.17) is 9.47 Å². The van der Waals surface area contributed by atoms with Crippen molar-refractivity contribution in [2.45, 2.75) is 41.0 Å². The van der Waals surface area contributed by atoms with E-state index in [9.17, 15) is 0 Å². The van der Waals surface area contributed by atoms with Crippen LogP contribution < -0.4 is 9.47 Å². The average Bonchev–Trinajstić information content (AvgIpc) is 2.97. The number of aromatic amines is 1. The molecule has 1 N–H and O–H groups in total. The minimum Gasteiger partial charge on any atom is -0.496 e. The van der Waals surface area contributed by atoms with Crippen molar-refractivity contribution in [3.05, 3.63) is 59.3 Å². The summed E-state index contributed by atoms with van der Waals surface area (Å²) < 4.78 is 10.6. The van der Waals surface area contributed by atoms with Gasteiger partial charge in [-0.3, -0.25) is 0 Å². The van der Waals surface area contributed by atoms with Crippen molar-refractivity contribution in [1.82, 2.24) is 4.98 Å². The number of methoxy groups -OCH3 is 2. The summed E-state index contributed by atoms with van der Waals surface area (Å²) in [6.45, 7) is 6.31. The summed E-state index contributed by atoms with van der Waals surface area (Å²) in [5.74, 6) is 1.90. The maximum absolute atomic E-state index is 5.32. The molecule has 0 aliphatic carbocycles. The molecule has 0 aliphatic heterocycles. The molecule has 3 rings (SSSR count). The topological polar surface area (TPSA) is 34.2 Å². The number of para-hydroxylation sites is 1. The van der Waals surface area contributed by atoms with Gasteiger partial charge in [0.05, 0.1) is 14.2 Å². The second-order valence-electron chi connectivity index (χ2n) is 5.86. The van der Waals surface area contributed by atoms with Crippen LogP contribution in [0.3, 0.4) is 0 Å². The van der Waals surface area contributed by atoms with Gasteiger partial charge in [-0.05, 0) is 55.5 Å². The minimum atomic E-state index is 0. The van der Waals surface area contributed by atoms with Crippen LogP contribution in [0.2, 0.25) is 0 Å². The van der Waals surface area contributed by atoms with Gasteiger partial charge >= 0.3 is 0 Å². The first-order chi connectivity index (χ1) is 11.6. The van der Waals surface area contributed by atoms with Crippen LogP contribution in [0.5, 0.6) is 11.5 Å². The SMILES string of the molecule is C.CCCc1c(OC)ccc(OC)c1C.Cc1cc2ccccc2[nH]1. The maximum Gasteiger partial charge on any atom is 0.122 e. The number of aryl methyl sites for hydroxylation is 1. The largest absolute Gasteiger partial charge is 0.496 e. The third-order valence-corrected chi connectivity index (χ3v) is 4.11. The fourth-order valence-corrected chi connectivity index (χ4v) is 2.90. The molecular formula is C22H31NO2. The standard InChI is InChI=1S/C12H18O2.C9H9N.CH4/c1-5-6-10-9(2)11(13-3)7-8-12(10)14-4;1-7-6-8-4-2-3-5-9(8)10-7;/h7-8H,5-6H2,1-4H3;2-6,10H,1H3;1H4. The highest BCUT2D eigenvalue weighted by Gasteiger charge is 2.09. The lowest BCUT2D eigenvalue weighted by Crippen LogP contribution is -1.97. The van der Waals surface area contributed by atoms with Gasteiger partial charge in [0.1, 0.15) is 11.5 Å². The number of benzene rings is 2. The summed E-state index contributed by atoms with van der Waals surface area (Å²) in [6.07, 6.45) is 2.15. The van der Waals surface area contributed by atoms with Crippen molar-refractivity contribution in [2.24, 2.45) is 0 Å². The Morgan fingerprint density at radius 2 is 1.56 bits per heavy atom. The Morgan fingerprint density at radius 1 is 0.920 bits per heavy atom. The van der Waals surface area contributed by atoms with Gasteiger partial charge < -0.3 is 14.5 Å². The number of H-pyrrole nitrogens is 1. The molecule has 0 aliphatic rings. The first-order valence-electron chi connectivity index (χ1n) is 8.35. The monoisotopic (exact) mass is 341 g/mol. The van der Waals surface area contributed by atoms with Gasteiger partial charge in [0, 0.05) is 16.8 Å². The quantitative estimate of drug-likeness (QED) is 0.624. The van der Waals surface area contributed by atoms with Gasteiger partial charge in [-0.25, -0.2) is 0 Å². The van der Waals surface area contributed by atoms with Gasteiger partial charge in [-0.1, -0.05) is 39.0 Å². The number of nitrogens with one attached hydrogen (secondary N) is 1. The first-order valence-corrected chi connectivity index (χ1v) is 8.35. The highest BCUT2D eigenvalue weighted by atomic mass is 16.5. The van der Waals surface area contributed by atoms with Crippen LogP contribution in [-0.2, 0) is 6.42 Å². The molecule has 0 spiro atoms. The number of hydrogen-bond donors (Lipinski definition) is 1. The number of fused-ring (bicyclic) bond motifs is 1. The molecule has 0 amide bonds. The molecule has 1 aromatic heterocycles. The predicted molar refractivity (Wildman–Crippen MR) is 108 cm³/mol. The molecule has 1 heterocycles. The van der Waals surface area contributed by atoms with Gasteiger partial charge in [-0.15, -0.1) is 0 Å². The van der Waals surface area contributed by atoms with Crippen LogP contribution in [-0.4, -0.2) is 19.2 Å². The van der Waals surface area contributed by atoms with E-state index in [1.54, 1.807) is 14.2 Å². The molecule has 0 saturated carbocycles. The zero-order valence-electron chi connectivity index (χ0n) is 15.3. The lowest BCUT2D eigenvalue weighted by Gasteiger charge is -2.13. The number of ether oxygens (including phenoxy) is 2. The van der Waals surface area contributed by atoms with E-state index in [-0.39, 0.29) is 7.43 Å². The number of aromatic nitrogens is 1. The highest BCUT2D eigenvalue weighted by molar-refractivity contribution is 5.79. The average molecular weight is 341 g/mol. The Kier molecular flexibility index (Phi) is 8.06. The summed E-state index contributed by atoms with van der Waals surface area (Å²) in [6, 6.07) is 14.4. The first kappa shape index (κ1) is 20.6. The fraction of sp³-hybridized carbons (Fsp3) is 0.364. The van der Waals surface area contributed by atoms with E-state index in [2.05, 4.69) is 50.0 Å². The van der Waals surface area contributed by atoms with E-state index in [0.717, 1.165) is 24.3 Å². The summed E-state index contributed by atoms with van der Waals surface area (Å²) in [5.41, 5.74) is 4.89. The molecule has 3 heteroatoms. The molecule has 3 aromatic rings. The number of rotatable bonds is 4.